The normalized spacial score (nSPS) is 11.5. The van der Waals surface area contributed by atoms with Crippen molar-refractivity contribution in [2.45, 2.75) is 25.8 Å². The van der Waals surface area contributed by atoms with Crippen molar-refractivity contribution in [1.29, 1.82) is 5.26 Å². The molecule has 0 saturated heterocycles. The molecule has 0 aliphatic carbocycles. The average molecular weight is 219 g/mol. The van der Waals surface area contributed by atoms with Crippen LogP contribution < -0.4 is 5.32 Å². The Morgan fingerprint density at radius 2 is 2.44 bits per heavy atom. The molecule has 0 fully saturated rings. The van der Waals surface area contributed by atoms with E-state index in [4.69, 9.17) is 10.4 Å². The zero-order valence-corrected chi connectivity index (χ0v) is 8.97. The predicted octanol–water partition coefficient (Wildman–Crippen LogP) is 1.21. The van der Waals surface area contributed by atoms with Crippen molar-refractivity contribution in [2.75, 3.05) is 0 Å². The molecule has 5 nitrogen and oxygen atoms in total. The zero-order valence-electron chi connectivity index (χ0n) is 8.97. The van der Waals surface area contributed by atoms with E-state index in [-0.39, 0.29) is 29.7 Å². The topological polar surface area (TPSA) is 86.0 Å². The number of nitrogens with one attached hydrogen (secondary N) is 1. The molecule has 1 rings (SSSR count). The van der Waals surface area contributed by atoms with Gasteiger partial charge in [-0.3, -0.25) is 9.78 Å². The number of nitrogens with zero attached hydrogens (tertiary/aromatic N) is 2. The van der Waals surface area contributed by atoms with E-state index in [2.05, 4.69) is 10.3 Å². The summed E-state index contributed by atoms with van der Waals surface area (Å²) in [5.74, 6) is -0.383. The molecule has 1 heterocycles. The van der Waals surface area contributed by atoms with Crippen LogP contribution in [0.15, 0.2) is 18.5 Å². The quantitative estimate of drug-likeness (QED) is 0.796. The molecule has 0 aromatic carbocycles. The van der Waals surface area contributed by atoms with Gasteiger partial charge in [0.25, 0.3) is 5.91 Å². The van der Waals surface area contributed by atoms with Gasteiger partial charge in [-0.1, -0.05) is 6.92 Å². The zero-order chi connectivity index (χ0) is 12.0. The molecule has 1 aromatic heterocycles. The first kappa shape index (κ1) is 12.0. The lowest BCUT2D eigenvalue weighted by molar-refractivity contribution is 0.0936. The Hall–Kier alpha value is -2.09. The molecule has 0 saturated carbocycles. The van der Waals surface area contributed by atoms with Crippen LogP contribution in [-0.4, -0.2) is 22.0 Å². The number of aromatic hydroxyl groups is 1. The lowest BCUT2D eigenvalue weighted by Crippen LogP contribution is -2.34. The van der Waals surface area contributed by atoms with Gasteiger partial charge in [0.1, 0.15) is 5.75 Å². The molecular formula is C11H13N3O2. The van der Waals surface area contributed by atoms with Crippen LogP contribution >= 0.6 is 0 Å². The van der Waals surface area contributed by atoms with Crippen molar-refractivity contribution in [3.63, 3.8) is 0 Å². The molecule has 2 N–H and O–H groups in total. The second-order valence-electron chi connectivity index (χ2n) is 3.37. The third-order valence-electron chi connectivity index (χ3n) is 2.15. The monoisotopic (exact) mass is 219 g/mol. The highest BCUT2D eigenvalue weighted by Crippen LogP contribution is 2.09. The number of nitriles is 1. The summed E-state index contributed by atoms with van der Waals surface area (Å²) in [6.07, 6.45) is 3.58. The highest BCUT2D eigenvalue weighted by atomic mass is 16.3. The van der Waals surface area contributed by atoms with E-state index < -0.39 is 0 Å². The van der Waals surface area contributed by atoms with E-state index in [9.17, 15) is 4.79 Å². The van der Waals surface area contributed by atoms with Gasteiger partial charge in [0.2, 0.25) is 0 Å². The summed E-state index contributed by atoms with van der Waals surface area (Å²) in [6.45, 7) is 1.89. The van der Waals surface area contributed by atoms with E-state index in [0.717, 1.165) is 0 Å². The fraction of sp³-hybridized carbons (Fsp3) is 0.364. The molecule has 1 amide bonds. The summed E-state index contributed by atoms with van der Waals surface area (Å²) in [7, 11) is 0. The van der Waals surface area contributed by atoms with Crippen LogP contribution in [0.5, 0.6) is 5.75 Å². The van der Waals surface area contributed by atoms with Crippen LogP contribution in [0.2, 0.25) is 0 Å². The van der Waals surface area contributed by atoms with Gasteiger partial charge < -0.3 is 10.4 Å². The molecule has 1 aromatic rings. The standard InChI is InChI=1S/C11H13N3O2/c1-2-9(3-4-12)14-11(16)8-5-10(15)7-13-6-8/h5-7,9,15H,2-3H2,1H3,(H,14,16). The lowest BCUT2D eigenvalue weighted by Gasteiger charge is -2.13. The highest BCUT2D eigenvalue weighted by molar-refractivity contribution is 5.94. The van der Waals surface area contributed by atoms with E-state index >= 15 is 0 Å². The Morgan fingerprint density at radius 1 is 1.69 bits per heavy atom. The van der Waals surface area contributed by atoms with Crippen LogP contribution in [-0.2, 0) is 0 Å². The maximum Gasteiger partial charge on any atom is 0.253 e. The Bertz CT molecular complexity index is 412. The number of aromatic nitrogens is 1. The minimum atomic E-state index is -0.328. The molecule has 5 heteroatoms. The molecule has 1 atom stereocenters. The summed E-state index contributed by atoms with van der Waals surface area (Å²) < 4.78 is 0. The van der Waals surface area contributed by atoms with Gasteiger partial charge in [0.05, 0.1) is 24.3 Å². The molecule has 0 spiro atoms. The Morgan fingerprint density at radius 3 is 3.00 bits per heavy atom. The van der Waals surface area contributed by atoms with Gasteiger partial charge in [0.15, 0.2) is 0 Å². The molecular weight excluding hydrogens is 206 g/mol. The summed E-state index contributed by atoms with van der Waals surface area (Å²) in [5.41, 5.74) is 0.288. The maximum absolute atomic E-state index is 11.7. The maximum atomic E-state index is 11.7. The predicted molar refractivity (Wildman–Crippen MR) is 57.7 cm³/mol. The molecule has 84 valence electrons. The number of carbonyl (C=O) groups excluding carboxylic acids is 1. The Labute approximate surface area is 93.7 Å². The van der Waals surface area contributed by atoms with Crippen molar-refractivity contribution < 1.29 is 9.90 Å². The number of carbonyl (C=O) groups is 1. The van der Waals surface area contributed by atoms with Crippen LogP contribution in [0.3, 0.4) is 0 Å². The van der Waals surface area contributed by atoms with Gasteiger partial charge in [-0.2, -0.15) is 5.26 Å². The summed E-state index contributed by atoms with van der Waals surface area (Å²) in [5, 5.41) is 20.4. The van der Waals surface area contributed by atoms with Crippen LogP contribution in [0.4, 0.5) is 0 Å². The number of amides is 1. The van der Waals surface area contributed by atoms with Crippen molar-refractivity contribution >= 4 is 5.91 Å². The van der Waals surface area contributed by atoms with Crippen LogP contribution in [0.1, 0.15) is 30.1 Å². The van der Waals surface area contributed by atoms with E-state index in [1.807, 2.05) is 13.0 Å². The number of rotatable bonds is 4. The van der Waals surface area contributed by atoms with Gasteiger partial charge in [-0.25, -0.2) is 0 Å². The molecule has 0 aliphatic rings. The molecule has 0 aliphatic heterocycles. The van der Waals surface area contributed by atoms with Crippen molar-refractivity contribution in [3.05, 3.63) is 24.0 Å². The smallest absolute Gasteiger partial charge is 0.253 e. The second kappa shape index (κ2) is 5.71. The number of hydrogen-bond acceptors (Lipinski definition) is 4. The fourth-order valence-electron chi connectivity index (χ4n) is 1.23. The largest absolute Gasteiger partial charge is 0.506 e. The van der Waals surface area contributed by atoms with Crippen molar-refractivity contribution in [3.8, 4) is 11.8 Å². The fourth-order valence-corrected chi connectivity index (χ4v) is 1.23. The molecule has 0 radical (unpaired) electrons. The third-order valence-corrected chi connectivity index (χ3v) is 2.15. The number of pyridine rings is 1. The van der Waals surface area contributed by atoms with Gasteiger partial charge in [-0.15, -0.1) is 0 Å². The van der Waals surface area contributed by atoms with E-state index in [1.54, 1.807) is 0 Å². The van der Waals surface area contributed by atoms with Gasteiger partial charge in [-0.05, 0) is 12.5 Å². The lowest BCUT2D eigenvalue weighted by atomic mass is 10.1. The first-order chi connectivity index (χ1) is 7.67. The minimum Gasteiger partial charge on any atom is -0.506 e. The van der Waals surface area contributed by atoms with Crippen LogP contribution in [0, 0.1) is 11.3 Å². The summed E-state index contributed by atoms with van der Waals surface area (Å²) in [6, 6.07) is 3.18. The number of hydrogen-bond donors (Lipinski definition) is 2. The van der Waals surface area contributed by atoms with Crippen molar-refractivity contribution in [1.82, 2.24) is 10.3 Å². The van der Waals surface area contributed by atoms with Gasteiger partial charge >= 0.3 is 0 Å². The first-order valence-electron chi connectivity index (χ1n) is 4.99. The van der Waals surface area contributed by atoms with Gasteiger partial charge in [0, 0.05) is 12.2 Å². The Balaban J connectivity index is 2.68. The summed E-state index contributed by atoms with van der Waals surface area (Å²) in [4.78, 5) is 15.4. The third kappa shape index (κ3) is 3.24. The average Bonchev–Trinajstić information content (AvgIpc) is 2.28. The minimum absolute atomic E-state index is 0.0546. The molecule has 16 heavy (non-hydrogen) atoms. The SMILES string of the molecule is CCC(CC#N)NC(=O)c1cncc(O)c1. The molecule has 1 unspecified atom stereocenters. The summed E-state index contributed by atoms with van der Waals surface area (Å²) >= 11 is 0. The molecule has 0 bridgehead atoms. The van der Waals surface area contributed by atoms with E-state index in [0.29, 0.717) is 6.42 Å². The Kier molecular flexibility index (Phi) is 4.28. The van der Waals surface area contributed by atoms with Crippen molar-refractivity contribution in [2.24, 2.45) is 0 Å². The highest BCUT2D eigenvalue weighted by Gasteiger charge is 2.12. The second-order valence-corrected chi connectivity index (χ2v) is 3.37. The van der Waals surface area contributed by atoms with Crippen LogP contribution in [0.25, 0.3) is 0 Å². The first-order valence-corrected chi connectivity index (χ1v) is 4.99. The van der Waals surface area contributed by atoms with E-state index in [1.165, 1.54) is 18.5 Å².